The second-order valence-corrected chi connectivity index (χ2v) is 4.41. The molecule has 0 aliphatic rings. The summed E-state index contributed by atoms with van der Waals surface area (Å²) in [6.45, 7) is 2.99. The Labute approximate surface area is 109 Å². The van der Waals surface area contributed by atoms with Gasteiger partial charge in [0.15, 0.2) is 0 Å². The molecule has 1 aromatic rings. The molecule has 2 N–H and O–H groups in total. The Kier molecular flexibility index (Phi) is 5.82. The van der Waals surface area contributed by atoms with E-state index in [4.69, 9.17) is 10.5 Å². The predicted octanol–water partition coefficient (Wildman–Crippen LogP) is 1.29. The summed E-state index contributed by atoms with van der Waals surface area (Å²) in [7, 11) is 3.37. The van der Waals surface area contributed by atoms with Crippen LogP contribution in [0.25, 0.3) is 0 Å². The molecule has 0 saturated heterocycles. The molecule has 0 bridgehead atoms. The van der Waals surface area contributed by atoms with Crippen molar-refractivity contribution >= 4 is 5.91 Å². The van der Waals surface area contributed by atoms with Gasteiger partial charge in [0.25, 0.3) is 5.91 Å². The summed E-state index contributed by atoms with van der Waals surface area (Å²) in [4.78, 5) is 13.9. The first-order chi connectivity index (χ1) is 8.60. The molecule has 1 aromatic carbocycles. The zero-order valence-corrected chi connectivity index (χ0v) is 11.3. The van der Waals surface area contributed by atoms with Crippen molar-refractivity contribution in [3.63, 3.8) is 0 Å². The number of hydrogen-bond donors (Lipinski definition) is 1. The van der Waals surface area contributed by atoms with Crippen LogP contribution in [0.15, 0.2) is 24.3 Å². The molecule has 0 aromatic heterocycles. The number of aryl methyl sites for hydroxylation is 1. The average molecular weight is 250 g/mol. The van der Waals surface area contributed by atoms with Gasteiger partial charge in [-0.25, -0.2) is 0 Å². The van der Waals surface area contributed by atoms with Gasteiger partial charge in [-0.2, -0.15) is 0 Å². The molecule has 0 radical (unpaired) electrons. The highest BCUT2D eigenvalue weighted by Gasteiger charge is 2.16. The minimum Gasteiger partial charge on any atom is -0.383 e. The maximum absolute atomic E-state index is 12.3. The van der Waals surface area contributed by atoms with Gasteiger partial charge in [0.2, 0.25) is 0 Å². The zero-order chi connectivity index (χ0) is 13.5. The SMILES string of the molecule is CCc1ccccc1C(=O)N(C)CC(N)COC. The lowest BCUT2D eigenvalue weighted by Crippen LogP contribution is -2.41. The number of ether oxygens (including phenoxy) is 1. The van der Waals surface area contributed by atoms with Gasteiger partial charge in [-0.1, -0.05) is 25.1 Å². The van der Waals surface area contributed by atoms with Crippen LogP contribution < -0.4 is 5.73 Å². The number of rotatable bonds is 6. The van der Waals surface area contributed by atoms with Gasteiger partial charge in [-0.3, -0.25) is 4.79 Å². The molecule has 1 amide bonds. The second kappa shape index (κ2) is 7.13. The van der Waals surface area contributed by atoms with Gasteiger partial charge in [-0.05, 0) is 18.1 Å². The summed E-state index contributed by atoms with van der Waals surface area (Å²) in [5.41, 5.74) is 7.67. The fourth-order valence-corrected chi connectivity index (χ4v) is 1.94. The van der Waals surface area contributed by atoms with Gasteiger partial charge in [0.05, 0.1) is 6.61 Å². The van der Waals surface area contributed by atoms with E-state index in [9.17, 15) is 4.79 Å². The Balaban J connectivity index is 2.74. The van der Waals surface area contributed by atoms with Crippen LogP contribution in [0.5, 0.6) is 0 Å². The van der Waals surface area contributed by atoms with E-state index in [1.165, 1.54) is 0 Å². The maximum Gasteiger partial charge on any atom is 0.253 e. The lowest BCUT2D eigenvalue weighted by Gasteiger charge is -2.22. The number of likely N-dealkylation sites (N-methyl/N-ethyl adjacent to an activating group) is 1. The Bertz CT molecular complexity index is 393. The molecule has 0 heterocycles. The molecule has 4 nitrogen and oxygen atoms in total. The Morgan fingerprint density at radius 2 is 2.11 bits per heavy atom. The summed E-state index contributed by atoms with van der Waals surface area (Å²) in [6.07, 6.45) is 0.847. The summed E-state index contributed by atoms with van der Waals surface area (Å²) in [5.74, 6) is 0.0130. The van der Waals surface area contributed by atoms with Gasteiger partial charge >= 0.3 is 0 Å². The molecule has 18 heavy (non-hydrogen) atoms. The van der Waals surface area contributed by atoms with E-state index in [0.29, 0.717) is 13.2 Å². The quantitative estimate of drug-likeness (QED) is 0.828. The first-order valence-electron chi connectivity index (χ1n) is 6.18. The van der Waals surface area contributed by atoms with E-state index in [2.05, 4.69) is 0 Å². The van der Waals surface area contributed by atoms with E-state index in [-0.39, 0.29) is 11.9 Å². The molecule has 0 saturated carbocycles. The molecule has 1 rings (SSSR count). The number of hydrogen-bond acceptors (Lipinski definition) is 3. The third-order valence-corrected chi connectivity index (χ3v) is 2.86. The third-order valence-electron chi connectivity index (χ3n) is 2.86. The zero-order valence-electron chi connectivity index (χ0n) is 11.3. The standard InChI is InChI=1S/C14H22N2O2/c1-4-11-7-5-6-8-13(11)14(17)16(2)9-12(15)10-18-3/h5-8,12H,4,9-10,15H2,1-3H3. The molecule has 1 unspecified atom stereocenters. The molecule has 4 heteroatoms. The van der Waals surface area contributed by atoms with Gasteiger partial charge in [0, 0.05) is 32.3 Å². The van der Waals surface area contributed by atoms with E-state index < -0.39 is 0 Å². The molecule has 100 valence electrons. The van der Waals surface area contributed by atoms with Crippen LogP contribution >= 0.6 is 0 Å². The van der Waals surface area contributed by atoms with Gasteiger partial charge in [-0.15, -0.1) is 0 Å². The first-order valence-corrected chi connectivity index (χ1v) is 6.18. The number of nitrogens with zero attached hydrogens (tertiary/aromatic N) is 1. The molecular weight excluding hydrogens is 228 g/mol. The number of carbonyl (C=O) groups excluding carboxylic acids is 1. The highest BCUT2D eigenvalue weighted by molar-refractivity contribution is 5.95. The average Bonchev–Trinajstić information content (AvgIpc) is 2.38. The third kappa shape index (κ3) is 3.82. The van der Waals surface area contributed by atoms with Crippen LogP contribution in [0, 0.1) is 0 Å². The van der Waals surface area contributed by atoms with E-state index in [0.717, 1.165) is 17.5 Å². The maximum atomic E-state index is 12.3. The molecule has 0 spiro atoms. The fourth-order valence-electron chi connectivity index (χ4n) is 1.94. The van der Waals surface area contributed by atoms with Gasteiger partial charge < -0.3 is 15.4 Å². The minimum atomic E-state index is -0.155. The van der Waals surface area contributed by atoms with Crippen molar-refractivity contribution in [1.29, 1.82) is 0 Å². The van der Waals surface area contributed by atoms with Crippen molar-refractivity contribution in [2.24, 2.45) is 5.73 Å². The second-order valence-electron chi connectivity index (χ2n) is 4.41. The number of benzene rings is 1. The van der Waals surface area contributed by atoms with Crippen LogP contribution in [-0.4, -0.2) is 44.2 Å². The molecule has 1 atom stereocenters. The summed E-state index contributed by atoms with van der Waals surface area (Å²) in [5, 5.41) is 0. The van der Waals surface area contributed by atoms with Crippen molar-refractivity contribution in [2.75, 3.05) is 27.3 Å². The van der Waals surface area contributed by atoms with Crippen LogP contribution in [0.2, 0.25) is 0 Å². The topological polar surface area (TPSA) is 55.6 Å². The summed E-state index contributed by atoms with van der Waals surface area (Å²) < 4.78 is 4.97. The number of methoxy groups -OCH3 is 1. The normalized spacial score (nSPS) is 12.2. The van der Waals surface area contributed by atoms with Crippen molar-refractivity contribution in [2.45, 2.75) is 19.4 Å². The molecular formula is C14H22N2O2. The Morgan fingerprint density at radius 1 is 1.44 bits per heavy atom. The monoisotopic (exact) mass is 250 g/mol. The van der Waals surface area contributed by atoms with E-state index >= 15 is 0 Å². The van der Waals surface area contributed by atoms with Crippen molar-refractivity contribution in [1.82, 2.24) is 4.90 Å². The summed E-state index contributed by atoms with van der Waals surface area (Å²) >= 11 is 0. The Morgan fingerprint density at radius 3 is 2.72 bits per heavy atom. The lowest BCUT2D eigenvalue weighted by atomic mass is 10.0. The van der Waals surface area contributed by atoms with Crippen LogP contribution in [0.1, 0.15) is 22.8 Å². The van der Waals surface area contributed by atoms with E-state index in [1.807, 2.05) is 31.2 Å². The molecule has 0 fully saturated rings. The fraction of sp³-hybridized carbons (Fsp3) is 0.500. The van der Waals surface area contributed by atoms with E-state index in [1.54, 1.807) is 19.1 Å². The molecule has 0 aliphatic heterocycles. The van der Waals surface area contributed by atoms with Crippen LogP contribution in [0.3, 0.4) is 0 Å². The lowest BCUT2D eigenvalue weighted by molar-refractivity contribution is 0.0763. The van der Waals surface area contributed by atoms with Crippen molar-refractivity contribution in [3.8, 4) is 0 Å². The predicted molar refractivity (Wildman–Crippen MR) is 72.6 cm³/mol. The van der Waals surface area contributed by atoms with Crippen molar-refractivity contribution in [3.05, 3.63) is 35.4 Å². The first kappa shape index (κ1) is 14.7. The highest BCUT2D eigenvalue weighted by atomic mass is 16.5. The van der Waals surface area contributed by atoms with Crippen molar-refractivity contribution < 1.29 is 9.53 Å². The summed E-state index contributed by atoms with van der Waals surface area (Å²) in [6, 6.07) is 7.52. The van der Waals surface area contributed by atoms with Crippen LogP contribution in [0.4, 0.5) is 0 Å². The van der Waals surface area contributed by atoms with Crippen LogP contribution in [-0.2, 0) is 11.2 Å². The molecule has 0 aliphatic carbocycles. The number of nitrogens with two attached hydrogens (primary N) is 1. The van der Waals surface area contributed by atoms with Gasteiger partial charge in [0.1, 0.15) is 0 Å². The smallest absolute Gasteiger partial charge is 0.253 e. The largest absolute Gasteiger partial charge is 0.383 e. The number of amides is 1. The number of carbonyl (C=O) groups is 1. The Hall–Kier alpha value is -1.39. The minimum absolute atomic E-state index is 0.0130. The highest BCUT2D eigenvalue weighted by Crippen LogP contribution is 2.11.